The maximum absolute atomic E-state index is 12.3. The summed E-state index contributed by atoms with van der Waals surface area (Å²) in [5.74, 6) is -0.251. The number of carbonyl (C=O) groups excluding carboxylic acids is 2. The summed E-state index contributed by atoms with van der Waals surface area (Å²) in [6, 6.07) is 9.94. The molecule has 3 rings (SSSR count). The van der Waals surface area contributed by atoms with E-state index in [9.17, 15) is 9.59 Å². The zero-order chi connectivity index (χ0) is 21.0. The number of aromatic nitrogens is 1. The van der Waals surface area contributed by atoms with Gasteiger partial charge in [0.05, 0.1) is 12.6 Å². The Morgan fingerprint density at radius 2 is 1.86 bits per heavy atom. The number of benzene rings is 1. The van der Waals surface area contributed by atoms with Gasteiger partial charge in [-0.3, -0.25) is 4.98 Å². The molecule has 0 atom stereocenters. The van der Waals surface area contributed by atoms with Crippen LogP contribution >= 0.6 is 0 Å². The second kappa shape index (κ2) is 8.64. The number of carbonyl (C=O) groups is 2. The molecule has 0 N–H and O–H groups in total. The van der Waals surface area contributed by atoms with Gasteiger partial charge in [-0.1, -0.05) is 18.2 Å². The van der Waals surface area contributed by atoms with Gasteiger partial charge in [0.1, 0.15) is 5.60 Å². The van der Waals surface area contributed by atoms with E-state index < -0.39 is 5.60 Å². The topological polar surface area (TPSA) is 68.7 Å². The third-order valence-electron chi connectivity index (χ3n) is 4.98. The third kappa shape index (κ3) is 5.34. The van der Waals surface area contributed by atoms with Crippen molar-refractivity contribution in [2.75, 3.05) is 20.2 Å². The van der Waals surface area contributed by atoms with Gasteiger partial charge < -0.3 is 14.4 Å². The summed E-state index contributed by atoms with van der Waals surface area (Å²) in [6.45, 7) is 6.75. The number of pyridine rings is 1. The van der Waals surface area contributed by atoms with Gasteiger partial charge in [-0.2, -0.15) is 0 Å². The molecule has 154 valence electrons. The van der Waals surface area contributed by atoms with Crippen LogP contribution in [0.1, 0.15) is 39.2 Å². The average Bonchev–Trinajstić information content (AvgIpc) is 2.70. The van der Waals surface area contributed by atoms with Gasteiger partial charge in [-0.25, -0.2) is 9.59 Å². The Balaban J connectivity index is 1.81. The number of likely N-dealkylation sites (tertiary alicyclic amines) is 1. The first-order valence-electron chi connectivity index (χ1n) is 9.89. The van der Waals surface area contributed by atoms with E-state index in [1.165, 1.54) is 7.11 Å². The van der Waals surface area contributed by atoms with E-state index in [1.807, 2.05) is 45.0 Å². The highest BCUT2D eigenvalue weighted by Gasteiger charge is 2.29. The molecule has 6 heteroatoms. The van der Waals surface area contributed by atoms with E-state index in [0.717, 1.165) is 34.9 Å². The second-order valence-corrected chi connectivity index (χ2v) is 8.28. The monoisotopic (exact) mass is 396 g/mol. The molecule has 0 radical (unpaired) electrons. The molecule has 1 aliphatic rings. The van der Waals surface area contributed by atoms with Gasteiger partial charge in [-0.05, 0) is 62.8 Å². The molecule has 1 saturated heterocycles. The van der Waals surface area contributed by atoms with Crippen LogP contribution in [-0.4, -0.2) is 47.7 Å². The van der Waals surface area contributed by atoms with Gasteiger partial charge in [-0.15, -0.1) is 0 Å². The molecule has 1 aromatic carbocycles. The predicted molar refractivity (Wildman–Crippen MR) is 112 cm³/mol. The summed E-state index contributed by atoms with van der Waals surface area (Å²) in [5.41, 5.74) is 2.21. The van der Waals surface area contributed by atoms with Crippen LogP contribution in [0.5, 0.6) is 0 Å². The number of fused-ring (bicyclic) bond motifs is 1. The fourth-order valence-corrected chi connectivity index (χ4v) is 3.55. The van der Waals surface area contributed by atoms with Crippen molar-refractivity contribution in [3.8, 4) is 0 Å². The molecular weight excluding hydrogens is 368 g/mol. The highest BCUT2D eigenvalue weighted by Crippen LogP contribution is 2.33. The minimum absolute atomic E-state index is 0.135. The van der Waals surface area contributed by atoms with E-state index in [0.29, 0.717) is 13.1 Å². The number of ether oxygens (including phenoxy) is 2. The smallest absolute Gasteiger partial charge is 0.410 e. The summed E-state index contributed by atoms with van der Waals surface area (Å²) < 4.78 is 10.4. The Morgan fingerprint density at radius 1 is 1.17 bits per heavy atom. The number of piperidine rings is 1. The Bertz CT molecular complexity index is 922. The van der Waals surface area contributed by atoms with Gasteiger partial charge in [0.2, 0.25) is 0 Å². The van der Waals surface area contributed by atoms with E-state index in [2.05, 4.69) is 11.1 Å². The first-order valence-corrected chi connectivity index (χ1v) is 9.89. The zero-order valence-electron chi connectivity index (χ0n) is 17.5. The Labute approximate surface area is 171 Å². The molecule has 29 heavy (non-hydrogen) atoms. The number of esters is 1. The molecule has 0 bridgehead atoms. The number of hydrogen-bond donors (Lipinski definition) is 0. The van der Waals surface area contributed by atoms with Crippen LogP contribution in [0.3, 0.4) is 0 Å². The van der Waals surface area contributed by atoms with Crippen LogP contribution in [0.2, 0.25) is 0 Å². The van der Waals surface area contributed by atoms with E-state index in [4.69, 9.17) is 9.47 Å². The Morgan fingerprint density at radius 3 is 2.52 bits per heavy atom. The quantitative estimate of drug-likeness (QED) is 0.567. The first-order chi connectivity index (χ1) is 13.8. The fourth-order valence-electron chi connectivity index (χ4n) is 3.55. The van der Waals surface area contributed by atoms with Crippen molar-refractivity contribution in [3.05, 3.63) is 48.2 Å². The second-order valence-electron chi connectivity index (χ2n) is 8.28. The molecule has 1 fully saturated rings. The Kier molecular flexibility index (Phi) is 6.20. The molecule has 2 heterocycles. The molecule has 6 nitrogen and oxygen atoms in total. The number of nitrogens with zero attached hydrogens (tertiary/aromatic N) is 2. The van der Waals surface area contributed by atoms with Crippen molar-refractivity contribution in [3.63, 3.8) is 0 Å². The molecular formula is C23H28N2O4. The largest absolute Gasteiger partial charge is 0.466 e. The van der Waals surface area contributed by atoms with Crippen LogP contribution in [0.4, 0.5) is 4.79 Å². The van der Waals surface area contributed by atoms with E-state index >= 15 is 0 Å². The van der Waals surface area contributed by atoms with Crippen molar-refractivity contribution in [1.82, 2.24) is 9.88 Å². The lowest BCUT2D eigenvalue weighted by atomic mass is 9.85. The van der Waals surface area contributed by atoms with Crippen LogP contribution < -0.4 is 0 Å². The average molecular weight is 396 g/mol. The van der Waals surface area contributed by atoms with Crippen LogP contribution in [0.25, 0.3) is 16.5 Å². The SMILES string of the molecule is COC(=O)C=C(c1cnc2ccccc2c1)C1CCN(C(=O)OC(C)(C)C)CC1. The number of methoxy groups -OCH3 is 1. The molecule has 0 unspecified atom stereocenters. The van der Waals surface area contributed by atoms with Crippen molar-refractivity contribution in [2.45, 2.75) is 39.2 Å². The lowest BCUT2D eigenvalue weighted by Gasteiger charge is -2.34. The molecule has 1 aromatic heterocycles. The molecule has 0 spiro atoms. The summed E-state index contributed by atoms with van der Waals surface area (Å²) in [6.07, 6.45) is 4.56. The molecule has 1 amide bonds. The highest BCUT2D eigenvalue weighted by atomic mass is 16.6. The van der Waals surface area contributed by atoms with Gasteiger partial charge in [0.15, 0.2) is 0 Å². The summed E-state index contributed by atoms with van der Waals surface area (Å²) in [5, 5.41) is 1.02. The number of hydrogen-bond acceptors (Lipinski definition) is 5. The van der Waals surface area contributed by atoms with E-state index in [1.54, 1.807) is 17.2 Å². The number of rotatable bonds is 3. The summed E-state index contributed by atoms with van der Waals surface area (Å²) in [4.78, 5) is 30.6. The first kappa shape index (κ1) is 20.8. The predicted octanol–water partition coefficient (Wildman–Crippen LogP) is 4.44. The van der Waals surface area contributed by atoms with Crippen LogP contribution in [0.15, 0.2) is 42.6 Å². The standard InChI is InChI=1S/C23H28N2O4/c1-23(2,3)29-22(27)25-11-9-16(10-12-25)19(14-21(26)28-4)18-13-17-7-5-6-8-20(17)24-15-18/h5-8,13-16H,9-12H2,1-4H3. The third-order valence-corrected chi connectivity index (χ3v) is 4.98. The fraction of sp³-hybridized carbons (Fsp3) is 0.435. The zero-order valence-corrected chi connectivity index (χ0v) is 17.5. The van der Waals surface area contributed by atoms with Gasteiger partial charge in [0.25, 0.3) is 0 Å². The minimum atomic E-state index is -0.513. The summed E-state index contributed by atoms with van der Waals surface area (Å²) >= 11 is 0. The number of para-hydroxylation sites is 1. The molecule has 2 aromatic rings. The number of allylic oxidation sites excluding steroid dienone is 1. The Hall–Kier alpha value is -2.89. The minimum Gasteiger partial charge on any atom is -0.466 e. The molecule has 0 aliphatic carbocycles. The summed E-state index contributed by atoms with van der Waals surface area (Å²) in [7, 11) is 1.38. The van der Waals surface area contributed by atoms with Gasteiger partial charge >= 0.3 is 12.1 Å². The normalized spacial score (nSPS) is 16.0. The maximum Gasteiger partial charge on any atom is 0.410 e. The van der Waals surface area contributed by atoms with Crippen molar-refractivity contribution in [2.24, 2.45) is 5.92 Å². The maximum atomic E-state index is 12.3. The van der Waals surface area contributed by atoms with Crippen molar-refractivity contribution in [1.29, 1.82) is 0 Å². The van der Waals surface area contributed by atoms with Gasteiger partial charge in [0, 0.05) is 30.7 Å². The van der Waals surface area contributed by atoms with Crippen LogP contribution in [0, 0.1) is 5.92 Å². The highest BCUT2D eigenvalue weighted by molar-refractivity contribution is 5.93. The van der Waals surface area contributed by atoms with E-state index in [-0.39, 0.29) is 18.0 Å². The molecule has 1 aliphatic heterocycles. The van der Waals surface area contributed by atoms with Crippen molar-refractivity contribution < 1.29 is 19.1 Å². The number of amides is 1. The van der Waals surface area contributed by atoms with Crippen LogP contribution in [-0.2, 0) is 14.3 Å². The molecule has 0 saturated carbocycles. The lowest BCUT2D eigenvalue weighted by molar-refractivity contribution is -0.134. The lowest BCUT2D eigenvalue weighted by Crippen LogP contribution is -2.41. The van der Waals surface area contributed by atoms with Crippen molar-refractivity contribution >= 4 is 28.5 Å².